The van der Waals surface area contributed by atoms with E-state index in [1.54, 1.807) is 0 Å². The first kappa shape index (κ1) is 15.3. The van der Waals surface area contributed by atoms with Crippen LogP contribution in [-0.2, 0) is 23.0 Å². The zero-order chi connectivity index (χ0) is 15.5. The fourth-order valence-electron chi connectivity index (χ4n) is 1.81. The van der Waals surface area contributed by atoms with Gasteiger partial charge in [0.05, 0.1) is 0 Å². The number of hydrogen-bond donors (Lipinski definition) is 3. The van der Waals surface area contributed by atoms with Crippen molar-refractivity contribution < 1.29 is 18.3 Å². The summed E-state index contributed by atoms with van der Waals surface area (Å²) in [6.07, 6.45) is 2.08. The summed E-state index contributed by atoms with van der Waals surface area (Å²) in [5.41, 5.74) is 1.85. The number of carboxylic acids is 1. The molecular formula is C14H16N2O4S. The maximum Gasteiger partial charge on any atom is 0.352 e. The van der Waals surface area contributed by atoms with Crippen LogP contribution in [-0.4, -0.2) is 24.5 Å². The highest BCUT2D eigenvalue weighted by Gasteiger charge is 2.17. The Morgan fingerprint density at radius 1 is 1.24 bits per heavy atom. The van der Waals surface area contributed by atoms with Gasteiger partial charge in [0.1, 0.15) is 10.6 Å². The molecule has 1 heterocycles. The van der Waals surface area contributed by atoms with Gasteiger partial charge in [0, 0.05) is 12.7 Å². The minimum absolute atomic E-state index is 0.0925. The van der Waals surface area contributed by atoms with E-state index in [0.717, 1.165) is 24.2 Å². The molecule has 1 aromatic carbocycles. The van der Waals surface area contributed by atoms with E-state index in [-0.39, 0.29) is 17.1 Å². The topological polar surface area (TPSA) is 99.3 Å². The Bertz CT molecular complexity index is 733. The zero-order valence-electron chi connectivity index (χ0n) is 11.5. The second kappa shape index (κ2) is 6.11. The number of aryl methyl sites for hydroxylation is 1. The molecule has 0 aliphatic carbocycles. The van der Waals surface area contributed by atoms with E-state index in [1.807, 2.05) is 31.2 Å². The van der Waals surface area contributed by atoms with Crippen LogP contribution < -0.4 is 4.72 Å². The van der Waals surface area contributed by atoms with E-state index in [0.29, 0.717) is 0 Å². The summed E-state index contributed by atoms with van der Waals surface area (Å²) in [4.78, 5) is 13.0. The average Bonchev–Trinajstić information content (AvgIpc) is 2.97. The van der Waals surface area contributed by atoms with Crippen molar-refractivity contribution in [2.24, 2.45) is 0 Å². The maximum absolute atomic E-state index is 12.0. The molecule has 2 rings (SSSR count). The summed E-state index contributed by atoms with van der Waals surface area (Å²) in [6.45, 7) is 2.20. The van der Waals surface area contributed by atoms with Gasteiger partial charge in [0.15, 0.2) is 0 Å². The molecule has 0 aliphatic rings. The minimum atomic E-state index is -3.73. The Morgan fingerprint density at radius 3 is 2.38 bits per heavy atom. The molecule has 0 aliphatic heterocycles. The number of aromatic carboxylic acids is 1. The molecule has 0 atom stereocenters. The van der Waals surface area contributed by atoms with E-state index in [1.165, 1.54) is 5.56 Å². The molecule has 2 aromatic rings. The second-order valence-electron chi connectivity index (χ2n) is 4.55. The van der Waals surface area contributed by atoms with E-state index in [4.69, 9.17) is 5.11 Å². The summed E-state index contributed by atoms with van der Waals surface area (Å²) in [5.74, 6) is -1.20. The number of H-pyrrole nitrogens is 1. The third-order valence-electron chi connectivity index (χ3n) is 3.09. The summed E-state index contributed by atoms with van der Waals surface area (Å²) >= 11 is 0. The van der Waals surface area contributed by atoms with Crippen molar-refractivity contribution in [2.75, 3.05) is 0 Å². The Kier molecular flexibility index (Phi) is 4.44. The Morgan fingerprint density at radius 2 is 1.86 bits per heavy atom. The minimum Gasteiger partial charge on any atom is -0.477 e. The fourth-order valence-corrected chi connectivity index (χ4v) is 2.82. The number of nitrogens with one attached hydrogen (secondary N) is 2. The molecule has 0 fully saturated rings. The van der Waals surface area contributed by atoms with Crippen LogP contribution in [0.2, 0.25) is 0 Å². The molecule has 21 heavy (non-hydrogen) atoms. The number of aromatic nitrogens is 1. The molecule has 0 unspecified atom stereocenters. The zero-order valence-corrected chi connectivity index (χ0v) is 12.3. The highest BCUT2D eigenvalue weighted by molar-refractivity contribution is 7.89. The van der Waals surface area contributed by atoms with Crippen molar-refractivity contribution >= 4 is 16.0 Å². The molecule has 0 saturated heterocycles. The Hall–Kier alpha value is -2.12. The molecule has 0 saturated carbocycles. The van der Waals surface area contributed by atoms with Crippen molar-refractivity contribution in [3.05, 3.63) is 53.3 Å². The number of hydrogen-bond acceptors (Lipinski definition) is 3. The highest BCUT2D eigenvalue weighted by atomic mass is 32.2. The van der Waals surface area contributed by atoms with Crippen LogP contribution in [0.3, 0.4) is 0 Å². The van der Waals surface area contributed by atoms with Crippen LogP contribution in [0.1, 0.15) is 28.5 Å². The molecule has 7 heteroatoms. The van der Waals surface area contributed by atoms with E-state index >= 15 is 0 Å². The lowest BCUT2D eigenvalue weighted by Gasteiger charge is -2.05. The largest absolute Gasteiger partial charge is 0.477 e. The third-order valence-corrected chi connectivity index (χ3v) is 4.48. The van der Waals surface area contributed by atoms with Crippen LogP contribution in [0.4, 0.5) is 0 Å². The first-order valence-corrected chi connectivity index (χ1v) is 7.90. The molecule has 0 spiro atoms. The van der Waals surface area contributed by atoms with Crippen LogP contribution in [0.25, 0.3) is 0 Å². The van der Waals surface area contributed by atoms with Crippen molar-refractivity contribution in [1.29, 1.82) is 0 Å². The van der Waals surface area contributed by atoms with Gasteiger partial charge in [-0.05, 0) is 23.6 Å². The van der Waals surface area contributed by atoms with Gasteiger partial charge in [0.25, 0.3) is 0 Å². The molecule has 6 nitrogen and oxygen atoms in total. The third kappa shape index (κ3) is 3.71. The number of sulfonamides is 1. The second-order valence-corrected chi connectivity index (χ2v) is 6.32. The normalized spacial score (nSPS) is 11.5. The van der Waals surface area contributed by atoms with Gasteiger partial charge in [-0.15, -0.1) is 0 Å². The molecular weight excluding hydrogens is 292 g/mol. The maximum atomic E-state index is 12.0. The van der Waals surface area contributed by atoms with E-state index in [2.05, 4.69) is 9.71 Å². The lowest BCUT2D eigenvalue weighted by Crippen LogP contribution is -2.22. The number of carbonyl (C=O) groups is 1. The predicted octanol–water partition coefficient (Wildman–Crippen LogP) is 1.75. The monoisotopic (exact) mass is 308 g/mol. The van der Waals surface area contributed by atoms with E-state index < -0.39 is 16.0 Å². The lowest BCUT2D eigenvalue weighted by atomic mass is 10.1. The van der Waals surface area contributed by atoms with Gasteiger partial charge in [-0.1, -0.05) is 31.2 Å². The fraction of sp³-hybridized carbons (Fsp3) is 0.214. The van der Waals surface area contributed by atoms with E-state index in [9.17, 15) is 13.2 Å². The van der Waals surface area contributed by atoms with Crippen molar-refractivity contribution in [1.82, 2.24) is 9.71 Å². The lowest BCUT2D eigenvalue weighted by molar-refractivity contribution is 0.0691. The summed E-state index contributed by atoms with van der Waals surface area (Å²) in [6, 6.07) is 8.71. The predicted molar refractivity (Wildman–Crippen MR) is 77.6 cm³/mol. The summed E-state index contributed by atoms with van der Waals surface area (Å²) < 4.78 is 26.5. The molecule has 112 valence electrons. The van der Waals surface area contributed by atoms with Gasteiger partial charge >= 0.3 is 5.97 Å². The van der Waals surface area contributed by atoms with Gasteiger partial charge < -0.3 is 10.1 Å². The van der Waals surface area contributed by atoms with Crippen molar-refractivity contribution in [3.8, 4) is 0 Å². The highest BCUT2D eigenvalue weighted by Crippen LogP contribution is 2.12. The first-order valence-electron chi connectivity index (χ1n) is 6.41. The standard InChI is InChI=1S/C14H16N2O4S/c1-2-10-3-5-11(6-4-10)8-16-21(19,20)12-7-13(14(17)18)15-9-12/h3-7,9,15-16H,2,8H2,1H3,(H,17,18). The van der Waals surface area contributed by atoms with Crippen molar-refractivity contribution in [2.45, 2.75) is 24.8 Å². The van der Waals surface area contributed by atoms with Gasteiger partial charge in [0.2, 0.25) is 10.0 Å². The SMILES string of the molecule is CCc1ccc(CNS(=O)(=O)c2c[nH]c(C(=O)O)c2)cc1. The number of aromatic amines is 1. The number of rotatable bonds is 6. The summed E-state index contributed by atoms with van der Waals surface area (Å²) in [7, 11) is -3.73. The first-order chi connectivity index (χ1) is 9.92. The average molecular weight is 308 g/mol. The molecule has 3 N–H and O–H groups in total. The molecule has 0 bridgehead atoms. The smallest absolute Gasteiger partial charge is 0.352 e. The Balaban J connectivity index is 2.07. The van der Waals surface area contributed by atoms with Crippen LogP contribution in [0.5, 0.6) is 0 Å². The van der Waals surface area contributed by atoms with Gasteiger partial charge in [-0.3, -0.25) is 0 Å². The molecule has 0 amide bonds. The quantitative estimate of drug-likeness (QED) is 0.757. The molecule has 1 aromatic heterocycles. The number of carboxylic acid groups (broad SMARTS) is 1. The Labute approximate surface area is 122 Å². The van der Waals surface area contributed by atoms with Crippen molar-refractivity contribution in [3.63, 3.8) is 0 Å². The van der Waals surface area contributed by atoms with Crippen LogP contribution in [0, 0.1) is 0 Å². The number of benzene rings is 1. The molecule has 0 radical (unpaired) electrons. The van der Waals surface area contributed by atoms with Gasteiger partial charge in [-0.2, -0.15) is 0 Å². The van der Waals surface area contributed by atoms with Crippen LogP contribution in [0.15, 0.2) is 41.4 Å². The summed E-state index contributed by atoms with van der Waals surface area (Å²) in [5, 5.41) is 8.77. The van der Waals surface area contributed by atoms with Gasteiger partial charge in [-0.25, -0.2) is 17.9 Å². The van der Waals surface area contributed by atoms with Crippen LogP contribution >= 0.6 is 0 Å².